The summed E-state index contributed by atoms with van der Waals surface area (Å²) in [6, 6.07) is 9.07. The van der Waals surface area contributed by atoms with Crippen LogP contribution in [0.25, 0.3) is 5.57 Å². The number of nitrogens with zero attached hydrogens (tertiary/aromatic N) is 1. The van der Waals surface area contributed by atoms with E-state index in [0.29, 0.717) is 6.54 Å². The molecule has 1 aliphatic heterocycles. The first-order valence-corrected chi connectivity index (χ1v) is 10.1. The van der Waals surface area contributed by atoms with Gasteiger partial charge in [-0.25, -0.2) is 0 Å². The molecule has 4 rings (SSSR count). The summed E-state index contributed by atoms with van der Waals surface area (Å²) in [6.07, 6.45) is 11.5. The van der Waals surface area contributed by atoms with E-state index in [4.69, 9.17) is 16.3 Å². The molecule has 2 unspecified atom stereocenters. The lowest BCUT2D eigenvalue weighted by Crippen LogP contribution is -2.46. The fourth-order valence-electron chi connectivity index (χ4n) is 4.53. The maximum absolute atomic E-state index is 11.7. The van der Waals surface area contributed by atoms with Gasteiger partial charge < -0.3 is 4.74 Å². The van der Waals surface area contributed by atoms with E-state index >= 15 is 0 Å². The number of carbonyl (C=O) groups excluding carboxylic acids is 1. The van der Waals surface area contributed by atoms with Crippen molar-refractivity contribution >= 4 is 22.5 Å². The molecule has 3 nitrogen and oxygen atoms in total. The zero-order valence-electron chi connectivity index (χ0n) is 15.3. The van der Waals surface area contributed by atoms with Crippen molar-refractivity contribution in [3.05, 3.63) is 53.2 Å². The second kappa shape index (κ2) is 7.58. The molecule has 1 heterocycles. The Bertz CT molecular complexity index is 731. The molecule has 26 heavy (non-hydrogen) atoms. The fourth-order valence-corrected chi connectivity index (χ4v) is 4.69. The van der Waals surface area contributed by atoms with Crippen molar-refractivity contribution in [3.63, 3.8) is 0 Å². The summed E-state index contributed by atoms with van der Waals surface area (Å²) in [6.45, 7) is 2.50. The molecule has 2 aliphatic carbocycles. The topological polar surface area (TPSA) is 29.5 Å². The van der Waals surface area contributed by atoms with E-state index in [1.807, 2.05) is 13.0 Å². The van der Waals surface area contributed by atoms with E-state index in [9.17, 15) is 4.79 Å². The average Bonchev–Trinajstić information content (AvgIpc) is 2.67. The highest BCUT2D eigenvalue weighted by Gasteiger charge is 2.34. The number of fused-ring (bicyclic) bond motifs is 1. The van der Waals surface area contributed by atoms with Gasteiger partial charge in [-0.2, -0.15) is 0 Å². The Kier molecular flexibility index (Phi) is 5.19. The SMILES string of the molecule is CC1CN(C(=O)Cl)C2=CC=C(c3ccc(C4CCCCC4)cc3)CC2O1. The zero-order chi connectivity index (χ0) is 18.1. The first kappa shape index (κ1) is 17.8. The summed E-state index contributed by atoms with van der Waals surface area (Å²) in [4.78, 5) is 13.4. The zero-order valence-corrected chi connectivity index (χ0v) is 16.0. The molecule has 138 valence electrons. The molecule has 0 aromatic heterocycles. The molecule has 1 saturated carbocycles. The number of rotatable bonds is 2. The third-order valence-corrected chi connectivity index (χ3v) is 6.11. The van der Waals surface area contributed by atoms with E-state index in [-0.39, 0.29) is 12.2 Å². The maximum atomic E-state index is 11.7. The second-order valence-electron chi connectivity index (χ2n) is 7.74. The highest BCUT2D eigenvalue weighted by atomic mass is 35.5. The molecule has 2 fully saturated rings. The number of morpholine rings is 1. The van der Waals surface area contributed by atoms with E-state index in [0.717, 1.165) is 18.0 Å². The van der Waals surface area contributed by atoms with E-state index in [1.165, 1.54) is 48.8 Å². The molecule has 0 radical (unpaired) electrons. The Morgan fingerprint density at radius 3 is 2.54 bits per heavy atom. The van der Waals surface area contributed by atoms with E-state index in [1.54, 1.807) is 4.90 Å². The smallest absolute Gasteiger partial charge is 0.320 e. The Balaban J connectivity index is 1.54. The van der Waals surface area contributed by atoms with Gasteiger partial charge in [-0.3, -0.25) is 9.69 Å². The van der Waals surface area contributed by atoms with Crippen LogP contribution < -0.4 is 0 Å². The molecule has 2 atom stereocenters. The van der Waals surface area contributed by atoms with Crippen LogP contribution >= 0.6 is 11.6 Å². The van der Waals surface area contributed by atoms with Crippen molar-refractivity contribution in [2.24, 2.45) is 0 Å². The highest BCUT2D eigenvalue weighted by Crippen LogP contribution is 2.36. The van der Waals surface area contributed by atoms with E-state index in [2.05, 4.69) is 30.3 Å². The van der Waals surface area contributed by atoms with Crippen LogP contribution in [-0.4, -0.2) is 29.0 Å². The van der Waals surface area contributed by atoms with Crippen molar-refractivity contribution in [3.8, 4) is 0 Å². The van der Waals surface area contributed by atoms with Crippen LogP contribution in [0.5, 0.6) is 0 Å². The molecule has 4 heteroatoms. The van der Waals surface area contributed by atoms with Crippen LogP contribution in [0, 0.1) is 0 Å². The first-order chi connectivity index (χ1) is 12.6. The minimum absolute atomic E-state index is 0.00659. The van der Waals surface area contributed by atoms with Crippen LogP contribution in [0.3, 0.4) is 0 Å². The lowest BCUT2D eigenvalue weighted by atomic mass is 9.83. The molecule has 0 bridgehead atoms. The number of halogens is 1. The Hall–Kier alpha value is -1.58. The van der Waals surface area contributed by atoms with Crippen LogP contribution in [-0.2, 0) is 4.74 Å². The summed E-state index contributed by atoms with van der Waals surface area (Å²) >= 11 is 5.76. The van der Waals surface area contributed by atoms with Gasteiger partial charge in [0.05, 0.1) is 18.3 Å². The van der Waals surface area contributed by atoms with Gasteiger partial charge in [-0.05, 0) is 60.1 Å². The third kappa shape index (κ3) is 3.60. The number of benzene rings is 1. The summed E-state index contributed by atoms with van der Waals surface area (Å²) in [5.74, 6) is 0.732. The number of hydrogen-bond donors (Lipinski definition) is 0. The maximum Gasteiger partial charge on any atom is 0.320 e. The Morgan fingerprint density at radius 2 is 1.85 bits per heavy atom. The predicted molar refractivity (Wildman–Crippen MR) is 105 cm³/mol. The van der Waals surface area contributed by atoms with Crippen LogP contribution in [0.15, 0.2) is 42.1 Å². The minimum atomic E-state index is -0.426. The lowest BCUT2D eigenvalue weighted by molar-refractivity contribution is -0.0311. The number of amides is 1. The molecule has 3 aliphatic rings. The van der Waals surface area contributed by atoms with Crippen LogP contribution in [0.4, 0.5) is 4.79 Å². The van der Waals surface area contributed by atoms with Crippen LogP contribution in [0.2, 0.25) is 0 Å². The Morgan fingerprint density at radius 1 is 1.12 bits per heavy atom. The lowest BCUT2D eigenvalue weighted by Gasteiger charge is -2.39. The molecule has 1 saturated heterocycles. The fraction of sp³-hybridized carbons (Fsp3) is 0.500. The van der Waals surface area contributed by atoms with Gasteiger partial charge in [0.15, 0.2) is 0 Å². The van der Waals surface area contributed by atoms with Crippen molar-refractivity contribution < 1.29 is 9.53 Å². The van der Waals surface area contributed by atoms with Gasteiger partial charge in [0.25, 0.3) is 0 Å². The average molecular weight is 372 g/mol. The van der Waals surface area contributed by atoms with Crippen molar-refractivity contribution in [2.75, 3.05) is 6.54 Å². The molecule has 1 aromatic carbocycles. The quantitative estimate of drug-likeness (QED) is 0.481. The summed E-state index contributed by atoms with van der Waals surface area (Å²) in [7, 11) is 0. The molecule has 1 amide bonds. The standard InChI is InChI=1S/C22H26ClNO2/c1-15-14-24(22(23)25)20-12-11-19(13-21(20)26-15)18-9-7-17(8-10-18)16-5-3-2-4-6-16/h7-12,15-16,21H,2-6,13-14H2,1H3. The predicted octanol–water partition coefficient (Wildman–Crippen LogP) is 5.85. The summed E-state index contributed by atoms with van der Waals surface area (Å²) in [5.41, 5.74) is 4.85. The van der Waals surface area contributed by atoms with Gasteiger partial charge in [0.2, 0.25) is 0 Å². The summed E-state index contributed by atoms with van der Waals surface area (Å²) < 4.78 is 6.08. The van der Waals surface area contributed by atoms with E-state index < -0.39 is 5.37 Å². The molecule has 0 spiro atoms. The van der Waals surface area contributed by atoms with Gasteiger partial charge >= 0.3 is 5.37 Å². The van der Waals surface area contributed by atoms with Crippen molar-refractivity contribution in [1.82, 2.24) is 4.90 Å². The summed E-state index contributed by atoms with van der Waals surface area (Å²) in [5, 5.41) is -0.426. The number of ether oxygens (including phenoxy) is 1. The number of hydrogen-bond acceptors (Lipinski definition) is 2. The highest BCUT2D eigenvalue weighted by molar-refractivity contribution is 6.63. The van der Waals surface area contributed by atoms with Crippen LogP contribution in [0.1, 0.15) is 62.5 Å². The molecular weight excluding hydrogens is 346 g/mol. The normalized spacial score (nSPS) is 26.8. The molecule has 0 N–H and O–H groups in total. The van der Waals surface area contributed by atoms with Crippen molar-refractivity contribution in [2.45, 2.75) is 63.6 Å². The second-order valence-corrected chi connectivity index (χ2v) is 8.07. The first-order valence-electron chi connectivity index (χ1n) is 9.75. The number of allylic oxidation sites excluding steroid dienone is 2. The van der Waals surface area contributed by atoms with Gasteiger partial charge in [0.1, 0.15) is 6.10 Å². The van der Waals surface area contributed by atoms with Gasteiger partial charge in [-0.1, -0.05) is 49.6 Å². The molecular formula is C22H26ClNO2. The Labute approximate surface area is 160 Å². The minimum Gasteiger partial charge on any atom is -0.367 e. The van der Waals surface area contributed by atoms with Gasteiger partial charge in [-0.15, -0.1) is 0 Å². The molecule has 1 aromatic rings. The monoisotopic (exact) mass is 371 g/mol. The van der Waals surface area contributed by atoms with Gasteiger partial charge in [0, 0.05) is 6.42 Å². The largest absolute Gasteiger partial charge is 0.367 e. The third-order valence-electron chi connectivity index (χ3n) is 5.91. The van der Waals surface area contributed by atoms with Crippen molar-refractivity contribution in [1.29, 1.82) is 0 Å². The number of carbonyl (C=O) groups is 1.